The normalized spacial score (nSPS) is 14.9. The molecule has 0 amide bonds. The first-order valence-corrected chi connectivity index (χ1v) is 7.66. The van der Waals surface area contributed by atoms with Gasteiger partial charge in [-0.15, -0.1) is 0 Å². The smallest absolute Gasteiger partial charge is 0.352 e. The van der Waals surface area contributed by atoms with Crippen molar-refractivity contribution in [3.8, 4) is 0 Å². The number of rotatable bonds is 6. The van der Waals surface area contributed by atoms with Crippen molar-refractivity contribution in [3.05, 3.63) is 6.92 Å². The van der Waals surface area contributed by atoms with E-state index in [4.69, 9.17) is 14.9 Å². The third kappa shape index (κ3) is 7.05. The average Bonchev–Trinajstić information content (AvgIpc) is 2.30. The van der Waals surface area contributed by atoms with Gasteiger partial charge in [-0.3, -0.25) is 10.2 Å². The summed E-state index contributed by atoms with van der Waals surface area (Å²) in [5, 5.41) is 8.08. The minimum atomic E-state index is -0.693. The van der Waals surface area contributed by atoms with Crippen molar-refractivity contribution < 1.29 is 19.1 Å². The van der Waals surface area contributed by atoms with Gasteiger partial charge in [-0.2, -0.15) is 0 Å². The Morgan fingerprint density at radius 3 is 1.77 bits per heavy atom. The summed E-state index contributed by atoms with van der Waals surface area (Å²) in [5.41, 5.74) is -1.48. The third-order valence-corrected chi connectivity index (χ3v) is 2.94. The van der Waals surface area contributed by atoms with Gasteiger partial charge in [0.1, 0.15) is 16.9 Å². The topological polar surface area (TPSA) is 76.5 Å². The number of esters is 2. The number of hydrogen-bond donors (Lipinski definition) is 1. The van der Waals surface area contributed by atoms with Gasteiger partial charge in [0.2, 0.25) is 0 Å². The summed E-state index contributed by atoms with van der Waals surface area (Å²) in [6.07, 6.45) is 0.732. The predicted octanol–water partition coefficient (Wildman–Crippen LogP) is 3.56. The molecule has 2 atom stereocenters. The quantitative estimate of drug-likeness (QED) is 0.601. The first kappa shape index (κ1) is 20.6. The third-order valence-electron chi connectivity index (χ3n) is 2.94. The Morgan fingerprint density at radius 2 is 1.45 bits per heavy atom. The molecule has 0 saturated heterocycles. The number of hydrogen-bond acceptors (Lipinski definition) is 5. The van der Waals surface area contributed by atoms with Crippen LogP contribution >= 0.6 is 0 Å². The minimum absolute atomic E-state index is 0.197. The molecule has 0 aromatic heterocycles. The molecular weight excluding hydrogens is 282 g/mol. The van der Waals surface area contributed by atoms with Crippen LogP contribution in [0.2, 0.25) is 0 Å². The van der Waals surface area contributed by atoms with Gasteiger partial charge in [0.05, 0.1) is 5.92 Å². The van der Waals surface area contributed by atoms with Gasteiger partial charge in [-0.25, -0.2) is 4.79 Å². The van der Waals surface area contributed by atoms with Crippen molar-refractivity contribution in [1.82, 2.24) is 0 Å². The zero-order valence-electron chi connectivity index (χ0n) is 14.9. The van der Waals surface area contributed by atoms with Gasteiger partial charge >= 0.3 is 11.9 Å². The van der Waals surface area contributed by atoms with Gasteiger partial charge in [0, 0.05) is 5.92 Å². The summed E-state index contributed by atoms with van der Waals surface area (Å²) >= 11 is 0. The van der Waals surface area contributed by atoms with Crippen LogP contribution in [0.25, 0.3) is 0 Å². The Hall–Kier alpha value is -1.39. The maximum absolute atomic E-state index is 12.3. The average molecular weight is 312 g/mol. The Morgan fingerprint density at radius 1 is 1.00 bits per heavy atom. The van der Waals surface area contributed by atoms with Gasteiger partial charge < -0.3 is 9.47 Å². The maximum atomic E-state index is 12.3. The van der Waals surface area contributed by atoms with Gasteiger partial charge in [-0.05, 0) is 54.4 Å². The molecule has 5 heteroatoms. The highest BCUT2D eigenvalue weighted by molar-refractivity contribution is 6.36. The first-order valence-electron chi connectivity index (χ1n) is 7.66. The molecule has 0 aromatic rings. The monoisotopic (exact) mass is 312 g/mol. The van der Waals surface area contributed by atoms with E-state index in [2.05, 4.69) is 6.92 Å². The molecular formula is C17H30NO4. The molecule has 1 N–H and O–H groups in total. The summed E-state index contributed by atoms with van der Waals surface area (Å²) in [6, 6.07) is 0. The highest BCUT2D eigenvalue weighted by Gasteiger charge is 2.36. The Bertz CT molecular complexity index is 415. The largest absolute Gasteiger partial charge is 0.460 e. The molecule has 0 aliphatic rings. The fourth-order valence-corrected chi connectivity index (χ4v) is 2.04. The van der Waals surface area contributed by atoms with Crippen LogP contribution in [-0.2, 0) is 19.1 Å². The van der Waals surface area contributed by atoms with E-state index in [1.54, 1.807) is 41.5 Å². The van der Waals surface area contributed by atoms with E-state index in [-0.39, 0.29) is 12.1 Å². The molecule has 0 spiro atoms. The molecule has 1 radical (unpaired) electrons. The maximum Gasteiger partial charge on any atom is 0.352 e. The number of ether oxygens (including phenoxy) is 2. The Labute approximate surface area is 134 Å². The second-order valence-electron chi connectivity index (χ2n) is 7.36. The molecule has 5 nitrogen and oxygen atoms in total. The summed E-state index contributed by atoms with van der Waals surface area (Å²) in [7, 11) is 0. The first-order chi connectivity index (χ1) is 9.82. The molecule has 0 aliphatic carbocycles. The van der Waals surface area contributed by atoms with E-state index in [0.29, 0.717) is 6.42 Å². The minimum Gasteiger partial charge on any atom is -0.460 e. The molecule has 0 rings (SSSR count). The predicted molar refractivity (Wildman–Crippen MR) is 86.7 cm³/mol. The number of nitrogens with one attached hydrogen (secondary N) is 1. The van der Waals surface area contributed by atoms with Gasteiger partial charge in [-0.1, -0.05) is 13.8 Å². The molecule has 0 saturated carbocycles. The lowest BCUT2D eigenvalue weighted by Gasteiger charge is -2.29. The summed E-state index contributed by atoms with van der Waals surface area (Å²) in [4.78, 5) is 24.4. The summed E-state index contributed by atoms with van der Waals surface area (Å²) < 4.78 is 10.6. The molecule has 1 unspecified atom stereocenters. The van der Waals surface area contributed by atoms with Gasteiger partial charge in [0.25, 0.3) is 0 Å². The molecule has 0 aromatic carbocycles. The second kappa shape index (κ2) is 7.75. The van der Waals surface area contributed by atoms with E-state index >= 15 is 0 Å². The van der Waals surface area contributed by atoms with E-state index in [9.17, 15) is 9.59 Å². The van der Waals surface area contributed by atoms with Crippen LogP contribution < -0.4 is 0 Å². The Balaban J connectivity index is 5.15. The van der Waals surface area contributed by atoms with Crippen molar-refractivity contribution >= 4 is 17.7 Å². The van der Waals surface area contributed by atoms with Crippen LogP contribution in [0.3, 0.4) is 0 Å². The molecule has 0 heterocycles. The van der Waals surface area contributed by atoms with Crippen molar-refractivity contribution in [3.63, 3.8) is 0 Å². The van der Waals surface area contributed by atoms with Crippen LogP contribution in [0, 0.1) is 24.2 Å². The lowest BCUT2D eigenvalue weighted by atomic mass is 9.84. The molecule has 0 fully saturated rings. The standard InChI is InChI=1S/C17H30NO4/c1-9-11(13(18)15(20)22-17(6,7)8)12(10-2)14(19)21-16(3,4)5/h11-12,18H,2,9-10H2,1,3-8H3/t11-,12?/m0/s1. The number of carbonyl (C=O) groups excluding carboxylic acids is 2. The number of carbonyl (C=O) groups is 2. The zero-order valence-corrected chi connectivity index (χ0v) is 14.9. The summed E-state index contributed by atoms with van der Waals surface area (Å²) in [5.74, 6) is -2.30. The zero-order chi connectivity index (χ0) is 17.7. The van der Waals surface area contributed by atoms with Crippen LogP contribution in [0.4, 0.5) is 0 Å². The van der Waals surface area contributed by atoms with Gasteiger partial charge in [0.15, 0.2) is 0 Å². The fraction of sp³-hybridized carbons (Fsp3) is 0.765. The van der Waals surface area contributed by atoms with Crippen molar-refractivity contribution in [1.29, 1.82) is 5.41 Å². The van der Waals surface area contributed by atoms with Crippen LogP contribution in [0.5, 0.6) is 0 Å². The molecule has 0 aliphatic heterocycles. The van der Waals surface area contributed by atoms with E-state index < -0.39 is 35.0 Å². The highest BCUT2D eigenvalue weighted by Crippen LogP contribution is 2.25. The van der Waals surface area contributed by atoms with E-state index in [1.165, 1.54) is 0 Å². The van der Waals surface area contributed by atoms with Crippen molar-refractivity contribution in [2.24, 2.45) is 11.8 Å². The molecule has 127 valence electrons. The van der Waals surface area contributed by atoms with Crippen LogP contribution in [0.1, 0.15) is 61.3 Å². The second-order valence-corrected chi connectivity index (χ2v) is 7.36. The van der Waals surface area contributed by atoms with Crippen molar-refractivity contribution in [2.45, 2.75) is 72.5 Å². The molecule has 22 heavy (non-hydrogen) atoms. The van der Waals surface area contributed by atoms with E-state index in [0.717, 1.165) is 0 Å². The van der Waals surface area contributed by atoms with Crippen molar-refractivity contribution in [2.75, 3.05) is 0 Å². The Kier molecular flexibility index (Phi) is 7.26. The lowest BCUT2D eigenvalue weighted by Crippen LogP contribution is -2.39. The highest BCUT2D eigenvalue weighted by atomic mass is 16.6. The fourth-order valence-electron chi connectivity index (χ4n) is 2.04. The molecule has 0 bridgehead atoms. The lowest BCUT2D eigenvalue weighted by molar-refractivity contribution is -0.161. The summed E-state index contributed by atoms with van der Waals surface area (Å²) in [6.45, 7) is 16.2. The van der Waals surface area contributed by atoms with E-state index in [1.807, 2.05) is 6.92 Å². The van der Waals surface area contributed by atoms with Crippen LogP contribution in [0.15, 0.2) is 0 Å². The van der Waals surface area contributed by atoms with Crippen LogP contribution in [-0.4, -0.2) is 28.9 Å². The SMILES string of the molecule is [CH2]CC(C(=O)OC(C)(C)C)[C@H](CC)C(=N)C(=O)OC(C)(C)C.